The van der Waals surface area contributed by atoms with Crippen molar-refractivity contribution in [2.24, 2.45) is 14.1 Å². The molecule has 0 fully saturated rings. The zero-order chi connectivity index (χ0) is 16.0. The van der Waals surface area contributed by atoms with E-state index < -0.39 is 0 Å². The molecule has 0 aliphatic carbocycles. The van der Waals surface area contributed by atoms with Gasteiger partial charge in [0.1, 0.15) is 0 Å². The SMILES string of the molecule is Cn1c(=O)n(C)c2cc(CNc3ccc4c(c3)OCO4)ccc21. The summed E-state index contributed by atoms with van der Waals surface area (Å²) in [6.45, 7) is 0.941. The summed E-state index contributed by atoms with van der Waals surface area (Å²) in [5.74, 6) is 1.53. The zero-order valence-electron chi connectivity index (χ0n) is 13.0. The summed E-state index contributed by atoms with van der Waals surface area (Å²) in [6.07, 6.45) is 0. The van der Waals surface area contributed by atoms with E-state index in [1.807, 2.05) is 36.4 Å². The van der Waals surface area contributed by atoms with E-state index in [2.05, 4.69) is 5.32 Å². The van der Waals surface area contributed by atoms with Gasteiger partial charge in [-0.1, -0.05) is 6.07 Å². The lowest BCUT2D eigenvalue weighted by Crippen LogP contribution is -2.19. The summed E-state index contributed by atoms with van der Waals surface area (Å²) in [7, 11) is 3.58. The van der Waals surface area contributed by atoms with Gasteiger partial charge in [-0.3, -0.25) is 9.13 Å². The topological polar surface area (TPSA) is 57.4 Å². The van der Waals surface area contributed by atoms with Crippen LogP contribution in [0, 0.1) is 0 Å². The molecule has 118 valence electrons. The van der Waals surface area contributed by atoms with Gasteiger partial charge >= 0.3 is 5.69 Å². The van der Waals surface area contributed by atoms with Crippen molar-refractivity contribution in [3.8, 4) is 11.5 Å². The Morgan fingerprint density at radius 3 is 2.65 bits per heavy atom. The second-order valence-electron chi connectivity index (χ2n) is 5.65. The molecule has 6 heteroatoms. The molecule has 0 spiro atoms. The summed E-state index contributed by atoms with van der Waals surface area (Å²) in [5, 5.41) is 3.37. The van der Waals surface area contributed by atoms with Crippen molar-refractivity contribution in [1.29, 1.82) is 0 Å². The Balaban J connectivity index is 1.58. The Labute approximate surface area is 132 Å². The molecular formula is C17H17N3O3. The summed E-state index contributed by atoms with van der Waals surface area (Å²) in [4.78, 5) is 12.0. The number of anilines is 1. The van der Waals surface area contributed by atoms with Gasteiger partial charge in [0.15, 0.2) is 11.5 Å². The number of aryl methyl sites for hydroxylation is 2. The highest BCUT2D eigenvalue weighted by Crippen LogP contribution is 2.34. The first-order chi connectivity index (χ1) is 11.1. The van der Waals surface area contributed by atoms with Gasteiger partial charge in [-0.15, -0.1) is 0 Å². The second-order valence-corrected chi connectivity index (χ2v) is 5.65. The van der Waals surface area contributed by atoms with Crippen LogP contribution in [0.2, 0.25) is 0 Å². The maximum atomic E-state index is 12.0. The van der Waals surface area contributed by atoms with Crippen molar-refractivity contribution in [1.82, 2.24) is 9.13 Å². The fraction of sp³-hybridized carbons (Fsp3) is 0.235. The summed E-state index contributed by atoms with van der Waals surface area (Å²) < 4.78 is 14.0. The number of rotatable bonds is 3. The maximum Gasteiger partial charge on any atom is 0.328 e. The molecular weight excluding hydrogens is 294 g/mol. The molecule has 0 amide bonds. The van der Waals surface area contributed by atoms with E-state index in [0.717, 1.165) is 33.8 Å². The van der Waals surface area contributed by atoms with Gasteiger partial charge in [0, 0.05) is 32.4 Å². The predicted octanol–water partition coefficient (Wildman–Crippen LogP) is 2.22. The first-order valence-electron chi connectivity index (χ1n) is 7.41. The van der Waals surface area contributed by atoms with E-state index in [4.69, 9.17) is 9.47 Å². The third-order valence-corrected chi connectivity index (χ3v) is 4.21. The van der Waals surface area contributed by atoms with Crippen molar-refractivity contribution >= 4 is 16.7 Å². The number of benzene rings is 2. The molecule has 0 atom stereocenters. The van der Waals surface area contributed by atoms with Gasteiger partial charge in [0.05, 0.1) is 11.0 Å². The lowest BCUT2D eigenvalue weighted by atomic mass is 10.2. The van der Waals surface area contributed by atoms with Gasteiger partial charge in [-0.2, -0.15) is 0 Å². The minimum Gasteiger partial charge on any atom is -0.454 e. The fourth-order valence-corrected chi connectivity index (χ4v) is 2.87. The highest BCUT2D eigenvalue weighted by atomic mass is 16.7. The van der Waals surface area contributed by atoms with E-state index in [1.54, 1.807) is 23.2 Å². The van der Waals surface area contributed by atoms with E-state index in [-0.39, 0.29) is 12.5 Å². The molecule has 0 saturated heterocycles. The number of fused-ring (bicyclic) bond motifs is 2. The molecule has 0 bridgehead atoms. The molecule has 6 nitrogen and oxygen atoms in total. The van der Waals surface area contributed by atoms with Crippen molar-refractivity contribution in [2.75, 3.05) is 12.1 Å². The second kappa shape index (κ2) is 5.08. The number of nitrogens with zero attached hydrogens (tertiary/aromatic N) is 2. The molecule has 0 saturated carbocycles. The van der Waals surface area contributed by atoms with Gasteiger partial charge in [0.25, 0.3) is 0 Å². The summed E-state index contributed by atoms with van der Waals surface area (Å²) in [6, 6.07) is 11.8. The van der Waals surface area contributed by atoms with Gasteiger partial charge in [-0.25, -0.2) is 4.79 Å². The molecule has 1 aromatic heterocycles. The Morgan fingerprint density at radius 2 is 1.78 bits per heavy atom. The average Bonchev–Trinajstić information content (AvgIpc) is 3.12. The van der Waals surface area contributed by atoms with Gasteiger partial charge in [-0.05, 0) is 29.8 Å². The predicted molar refractivity (Wildman–Crippen MR) is 88.1 cm³/mol. The molecule has 4 rings (SSSR count). The Hall–Kier alpha value is -2.89. The minimum absolute atomic E-state index is 0.0131. The van der Waals surface area contributed by atoms with Crippen LogP contribution in [0.4, 0.5) is 5.69 Å². The number of imidazole rings is 1. The monoisotopic (exact) mass is 311 g/mol. The number of hydrogen-bond acceptors (Lipinski definition) is 4. The van der Waals surface area contributed by atoms with Crippen molar-refractivity contribution in [3.63, 3.8) is 0 Å². The molecule has 3 aromatic rings. The first-order valence-corrected chi connectivity index (χ1v) is 7.41. The van der Waals surface area contributed by atoms with Crippen LogP contribution in [0.3, 0.4) is 0 Å². The lowest BCUT2D eigenvalue weighted by Gasteiger charge is -2.08. The summed E-state index contributed by atoms with van der Waals surface area (Å²) in [5.41, 5.74) is 3.93. The van der Waals surface area contributed by atoms with E-state index in [0.29, 0.717) is 6.54 Å². The lowest BCUT2D eigenvalue weighted by molar-refractivity contribution is 0.174. The van der Waals surface area contributed by atoms with E-state index >= 15 is 0 Å². The third kappa shape index (κ3) is 2.23. The molecule has 1 N–H and O–H groups in total. The maximum absolute atomic E-state index is 12.0. The van der Waals surface area contributed by atoms with Crippen molar-refractivity contribution in [2.45, 2.75) is 6.54 Å². The van der Waals surface area contributed by atoms with Crippen LogP contribution in [-0.4, -0.2) is 15.9 Å². The molecule has 1 aliphatic rings. The number of aromatic nitrogens is 2. The first kappa shape index (κ1) is 13.8. The van der Waals surface area contributed by atoms with Crippen LogP contribution in [0.25, 0.3) is 11.0 Å². The smallest absolute Gasteiger partial charge is 0.328 e. The molecule has 1 aliphatic heterocycles. The largest absolute Gasteiger partial charge is 0.454 e. The van der Waals surface area contributed by atoms with Crippen molar-refractivity contribution < 1.29 is 9.47 Å². The molecule has 2 heterocycles. The molecule has 23 heavy (non-hydrogen) atoms. The van der Waals surface area contributed by atoms with Crippen LogP contribution < -0.4 is 20.5 Å². The summed E-state index contributed by atoms with van der Waals surface area (Å²) >= 11 is 0. The van der Waals surface area contributed by atoms with Crippen LogP contribution in [-0.2, 0) is 20.6 Å². The highest BCUT2D eigenvalue weighted by molar-refractivity contribution is 5.77. The Kier molecular flexibility index (Phi) is 3.04. The third-order valence-electron chi connectivity index (χ3n) is 4.21. The minimum atomic E-state index is -0.0131. The molecule has 0 unspecified atom stereocenters. The normalized spacial score (nSPS) is 12.8. The van der Waals surface area contributed by atoms with Crippen LogP contribution in [0.1, 0.15) is 5.56 Å². The van der Waals surface area contributed by atoms with E-state index in [9.17, 15) is 4.79 Å². The average molecular weight is 311 g/mol. The van der Waals surface area contributed by atoms with Gasteiger partial charge in [0.2, 0.25) is 6.79 Å². The van der Waals surface area contributed by atoms with Crippen LogP contribution in [0.5, 0.6) is 11.5 Å². The fourth-order valence-electron chi connectivity index (χ4n) is 2.87. The highest BCUT2D eigenvalue weighted by Gasteiger charge is 2.13. The van der Waals surface area contributed by atoms with Gasteiger partial charge < -0.3 is 14.8 Å². The quantitative estimate of drug-likeness (QED) is 0.806. The van der Waals surface area contributed by atoms with Crippen LogP contribution in [0.15, 0.2) is 41.2 Å². The molecule has 2 aromatic carbocycles. The van der Waals surface area contributed by atoms with Crippen LogP contribution >= 0.6 is 0 Å². The molecule has 0 radical (unpaired) electrons. The van der Waals surface area contributed by atoms with E-state index in [1.165, 1.54) is 0 Å². The van der Waals surface area contributed by atoms with Crippen molar-refractivity contribution in [3.05, 3.63) is 52.4 Å². The zero-order valence-corrected chi connectivity index (χ0v) is 13.0. The standard InChI is InChI=1S/C17H17N3O3/c1-19-13-5-3-11(7-14(13)20(2)17(19)21)9-18-12-4-6-15-16(8-12)23-10-22-15/h3-8,18H,9-10H2,1-2H3. The Bertz CT molecular complexity index is 956. The number of nitrogens with one attached hydrogen (secondary N) is 1. The Morgan fingerprint density at radius 1 is 1.00 bits per heavy atom. The number of ether oxygens (including phenoxy) is 2. The number of hydrogen-bond donors (Lipinski definition) is 1.